The third-order valence-electron chi connectivity index (χ3n) is 2.85. The second kappa shape index (κ2) is 6.02. The molecule has 4 nitrogen and oxygen atoms in total. The lowest BCUT2D eigenvalue weighted by Gasteiger charge is -2.11. The molecule has 0 saturated heterocycles. The van der Waals surface area contributed by atoms with Crippen molar-refractivity contribution >= 4 is 5.69 Å². The number of halogens is 6. The van der Waals surface area contributed by atoms with Gasteiger partial charge in [0, 0.05) is 6.07 Å². The van der Waals surface area contributed by atoms with Gasteiger partial charge < -0.3 is 4.74 Å². The van der Waals surface area contributed by atoms with Gasteiger partial charge in [0.05, 0.1) is 22.1 Å². The smallest absolute Gasteiger partial charge is 0.416 e. The zero-order valence-electron chi connectivity index (χ0n) is 11.5. The lowest BCUT2D eigenvalue weighted by molar-refractivity contribution is -0.385. The van der Waals surface area contributed by atoms with Gasteiger partial charge >= 0.3 is 12.4 Å². The molecule has 128 valence electrons. The Balaban J connectivity index is 2.35. The summed E-state index contributed by atoms with van der Waals surface area (Å²) in [5, 5.41) is 10.7. The van der Waals surface area contributed by atoms with Gasteiger partial charge in [0.25, 0.3) is 5.69 Å². The Morgan fingerprint density at radius 2 is 1.33 bits per heavy atom. The van der Waals surface area contributed by atoms with E-state index in [0.717, 1.165) is 18.2 Å². The first-order chi connectivity index (χ1) is 11.0. The van der Waals surface area contributed by atoms with Crippen molar-refractivity contribution in [1.82, 2.24) is 0 Å². The molecule has 0 fully saturated rings. The Morgan fingerprint density at radius 3 is 1.79 bits per heavy atom. The van der Waals surface area contributed by atoms with E-state index in [-0.39, 0.29) is 5.75 Å². The molecule has 24 heavy (non-hydrogen) atoms. The van der Waals surface area contributed by atoms with Crippen LogP contribution in [0.5, 0.6) is 11.5 Å². The van der Waals surface area contributed by atoms with Gasteiger partial charge in [-0.2, -0.15) is 26.3 Å². The van der Waals surface area contributed by atoms with Crippen molar-refractivity contribution in [3.8, 4) is 11.5 Å². The van der Waals surface area contributed by atoms with Gasteiger partial charge in [-0.05, 0) is 30.3 Å². The lowest BCUT2D eigenvalue weighted by atomic mass is 10.1. The number of nitrogens with zero attached hydrogens (tertiary/aromatic N) is 1. The molecular formula is C14H7F6NO3. The van der Waals surface area contributed by atoms with Crippen LogP contribution in [0.1, 0.15) is 11.1 Å². The number of nitro benzene ring substituents is 1. The molecule has 0 bridgehead atoms. The standard InChI is InChI=1S/C14H7F6NO3/c15-13(16,17)8-1-3-11(4-2-8)24-12-6-9(14(18,19)20)5-10(7-12)21(22)23/h1-7H. The van der Waals surface area contributed by atoms with E-state index in [1.807, 2.05) is 0 Å². The van der Waals surface area contributed by atoms with Gasteiger partial charge in [-0.1, -0.05) is 0 Å². The zero-order valence-corrected chi connectivity index (χ0v) is 11.5. The summed E-state index contributed by atoms with van der Waals surface area (Å²) in [6, 6.07) is 4.75. The molecule has 10 heteroatoms. The Bertz CT molecular complexity index is 753. The van der Waals surface area contributed by atoms with Crippen molar-refractivity contribution in [1.29, 1.82) is 0 Å². The molecule has 0 N–H and O–H groups in total. The van der Waals surface area contributed by atoms with E-state index in [1.165, 1.54) is 0 Å². The van der Waals surface area contributed by atoms with Crippen LogP contribution in [0.4, 0.5) is 32.0 Å². The first kappa shape index (κ1) is 17.6. The third-order valence-corrected chi connectivity index (χ3v) is 2.85. The number of non-ortho nitro benzene ring substituents is 1. The first-order valence-corrected chi connectivity index (χ1v) is 6.18. The van der Waals surface area contributed by atoms with Gasteiger partial charge in [0.15, 0.2) is 0 Å². The molecule has 0 unspecified atom stereocenters. The summed E-state index contributed by atoms with van der Waals surface area (Å²) in [7, 11) is 0. The maximum absolute atomic E-state index is 12.7. The van der Waals surface area contributed by atoms with Crippen LogP contribution >= 0.6 is 0 Å². The topological polar surface area (TPSA) is 52.4 Å². The zero-order chi connectivity index (χ0) is 18.1. The summed E-state index contributed by atoms with van der Waals surface area (Å²) in [6.45, 7) is 0. The monoisotopic (exact) mass is 351 g/mol. The van der Waals surface area contributed by atoms with E-state index in [1.54, 1.807) is 0 Å². The number of hydrogen-bond donors (Lipinski definition) is 0. The highest BCUT2D eigenvalue weighted by molar-refractivity contribution is 5.45. The predicted molar refractivity (Wildman–Crippen MR) is 69.6 cm³/mol. The molecular weight excluding hydrogens is 344 g/mol. The minimum Gasteiger partial charge on any atom is -0.457 e. The molecule has 0 amide bonds. The largest absolute Gasteiger partial charge is 0.457 e. The highest BCUT2D eigenvalue weighted by atomic mass is 19.4. The Labute approximate surface area is 130 Å². The maximum Gasteiger partial charge on any atom is 0.416 e. The minimum absolute atomic E-state index is 0.198. The van der Waals surface area contributed by atoms with Crippen molar-refractivity contribution < 1.29 is 36.0 Å². The van der Waals surface area contributed by atoms with Crippen LogP contribution in [0.2, 0.25) is 0 Å². The fourth-order valence-corrected chi connectivity index (χ4v) is 1.76. The van der Waals surface area contributed by atoms with Crippen LogP contribution in [0.15, 0.2) is 42.5 Å². The molecule has 2 aromatic rings. The first-order valence-electron chi connectivity index (χ1n) is 6.18. The molecule has 0 aliphatic heterocycles. The fourth-order valence-electron chi connectivity index (χ4n) is 1.76. The van der Waals surface area contributed by atoms with Gasteiger partial charge in [-0.3, -0.25) is 10.1 Å². The molecule has 0 saturated carbocycles. The molecule has 0 atom stereocenters. The van der Waals surface area contributed by atoms with Gasteiger partial charge in [0.1, 0.15) is 11.5 Å². The Kier molecular flexibility index (Phi) is 4.41. The third kappa shape index (κ3) is 4.15. The number of nitro groups is 1. The normalized spacial score (nSPS) is 12.1. The van der Waals surface area contributed by atoms with E-state index in [9.17, 15) is 36.5 Å². The average Bonchev–Trinajstić information content (AvgIpc) is 2.45. The average molecular weight is 351 g/mol. The highest BCUT2D eigenvalue weighted by Gasteiger charge is 2.33. The van der Waals surface area contributed by atoms with E-state index >= 15 is 0 Å². The minimum atomic E-state index is -4.84. The number of hydrogen-bond acceptors (Lipinski definition) is 3. The number of benzene rings is 2. The van der Waals surface area contributed by atoms with Crippen molar-refractivity contribution in [2.45, 2.75) is 12.4 Å². The van der Waals surface area contributed by atoms with Gasteiger partial charge in [0.2, 0.25) is 0 Å². The van der Waals surface area contributed by atoms with Crippen LogP contribution in [0, 0.1) is 10.1 Å². The van der Waals surface area contributed by atoms with E-state index in [4.69, 9.17) is 4.74 Å². The lowest BCUT2D eigenvalue weighted by Crippen LogP contribution is -2.06. The van der Waals surface area contributed by atoms with Crippen LogP contribution in [0.3, 0.4) is 0 Å². The van der Waals surface area contributed by atoms with Crippen LogP contribution in [-0.4, -0.2) is 4.92 Å². The van der Waals surface area contributed by atoms with E-state index in [0.29, 0.717) is 24.3 Å². The van der Waals surface area contributed by atoms with Crippen LogP contribution in [-0.2, 0) is 12.4 Å². The number of ether oxygens (including phenoxy) is 1. The predicted octanol–water partition coefficient (Wildman–Crippen LogP) is 5.42. The molecule has 0 radical (unpaired) electrons. The summed E-state index contributed by atoms with van der Waals surface area (Å²) >= 11 is 0. The number of rotatable bonds is 3. The quantitative estimate of drug-likeness (QED) is 0.421. The van der Waals surface area contributed by atoms with Crippen molar-refractivity contribution in [3.63, 3.8) is 0 Å². The Morgan fingerprint density at radius 1 is 0.792 bits per heavy atom. The van der Waals surface area contributed by atoms with Crippen LogP contribution in [0.25, 0.3) is 0 Å². The van der Waals surface area contributed by atoms with Gasteiger partial charge in [-0.25, -0.2) is 0 Å². The number of alkyl halides is 6. The molecule has 0 aliphatic rings. The summed E-state index contributed by atoms with van der Waals surface area (Å²) in [6.07, 6.45) is -9.42. The molecule has 0 aliphatic carbocycles. The molecule has 0 aromatic heterocycles. The fraction of sp³-hybridized carbons (Fsp3) is 0.143. The van der Waals surface area contributed by atoms with Crippen LogP contribution < -0.4 is 4.74 Å². The summed E-state index contributed by atoms with van der Waals surface area (Å²) in [4.78, 5) is 9.66. The summed E-state index contributed by atoms with van der Waals surface area (Å²) in [5.74, 6) is -0.715. The molecule has 2 rings (SSSR count). The molecule has 2 aromatic carbocycles. The summed E-state index contributed by atoms with van der Waals surface area (Å²) in [5.41, 5.74) is -3.13. The second-order valence-corrected chi connectivity index (χ2v) is 4.59. The highest BCUT2D eigenvalue weighted by Crippen LogP contribution is 2.37. The maximum atomic E-state index is 12.7. The Hall–Kier alpha value is -2.78. The van der Waals surface area contributed by atoms with Gasteiger partial charge in [-0.15, -0.1) is 0 Å². The summed E-state index contributed by atoms with van der Waals surface area (Å²) < 4.78 is 80.5. The SMILES string of the molecule is O=[N+]([O-])c1cc(Oc2ccc(C(F)(F)F)cc2)cc(C(F)(F)F)c1. The molecule has 0 heterocycles. The van der Waals surface area contributed by atoms with Crippen molar-refractivity contribution in [3.05, 3.63) is 63.7 Å². The van der Waals surface area contributed by atoms with Crippen molar-refractivity contribution in [2.75, 3.05) is 0 Å². The van der Waals surface area contributed by atoms with Crippen molar-refractivity contribution in [2.24, 2.45) is 0 Å². The molecule has 0 spiro atoms. The van der Waals surface area contributed by atoms with E-state index < -0.39 is 39.8 Å². The second-order valence-electron chi connectivity index (χ2n) is 4.59. The van der Waals surface area contributed by atoms with E-state index in [2.05, 4.69) is 0 Å².